The minimum Gasteiger partial charge on any atom is -0.491 e. The van der Waals surface area contributed by atoms with E-state index in [-0.39, 0.29) is 19.1 Å². The lowest BCUT2D eigenvalue weighted by atomic mass is 10.2. The second-order valence-electron chi connectivity index (χ2n) is 7.02. The lowest BCUT2D eigenvalue weighted by Gasteiger charge is -2.14. The number of nitrogens with zero attached hydrogens (tertiary/aromatic N) is 1. The fraction of sp³-hybridized carbons (Fsp3) is 0.261. The van der Waals surface area contributed by atoms with Crippen molar-refractivity contribution in [3.05, 3.63) is 88.2 Å². The van der Waals surface area contributed by atoms with E-state index in [0.29, 0.717) is 22.9 Å². The number of aryl methyl sites for hydroxylation is 2. The number of carbonyl (C=O) groups excluding carboxylic acids is 1. The molecule has 1 amide bonds. The Morgan fingerprint density at radius 2 is 1.63 bits per heavy atom. The Bertz CT molecular complexity index is 948. The molecule has 0 unspecified atom stereocenters. The second-order valence-corrected chi connectivity index (χ2v) is 7.46. The number of hydrogen-bond acceptors (Lipinski definition) is 4. The van der Waals surface area contributed by atoms with Crippen molar-refractivity contribution in [1.29, 1.82) is 0 Å². The third-order valence-electron chi connectivity index (χ3n) is 4.54. The molecule has 0 fully saturated rings. The number of nitrogens with one attached hydrogen (secondary N) is 1. The monoisotopic (exact) mass is 428 g/mol. The number of benzene rings is 2. The first-order chi connectivity index (χ1) is 14.4. The summed E-state index contributed by atoms with van der Waals surface area (Å²) >= 11 is 5.85. The highest BCUT2D eigenvalue weighted by molar-refractivity contribution is 6.30. The van der Waals surface area contributed by atoms with Gasteiger partial charge in [0, 0.05) is 22.0 Å². The van der Waals surface area contributed by atoms with Crippen molar-refractivity contribution < 1.29 is 19.4 Å². The van der Waals surface area contributed by atoms with Crippen LogP contribution in [0.5, 0.6) is 5.75 Å². The third kappa shape index (κ3) is 6.10. The molecule has 1 heterocycles. The summed E-state index contributed by atoms with van der Waals surface area (Å²) in [4.78, 5) is 12.4. The fourth-order valence-corrected chi connectivity index (χ4v) is 2.97. The van der Waals surface area contributed by atoms with Crippen LogP contribution in [-0.4, -0.2) is 35.0 Å². The van der Waals surface area contributed by atoms with Crippen LogP contribution in [0.3, 0.4) is 0 Å². The van der Waals surface area contributed by atoms with E-state index in [1.165, 1.54) is 0 Å². The molecule has 7 heteroatoms. The Morgan fingerprint density at radius 1 is 1.00 bits per heavy atom. The van der Waals surface area contributed by atoms with E-state index in [2.05, 4.69) is 5.43 Å². The molecule has 2 aromatic carbocycles. The summed E-state index contributed by atoms with van der Waals surface area (Å²) in [5, 5.41) is 10.7. The van der Waals surface area contributed by atoms with Crippen LogP contribution >= 0.6 is 11.6 Å². The highest BCUT2D eigenvalue weighted by Crippen LogP contribution is 2.14. The van der Waals surface area contributed by atoms with Gasteiger partial charge in [-0.25, -0.2) is 0 Å². The summed E-state index contributed by atoms with van der Waals surface area (Å²) in [6.45, 7) is 4.48. The van der Waals surface area contributed by atoms with Gasteiger partial charge in [0.2, 0.25) is 0 Å². The van der Waals surface area contributed by atoms with E-state index in [1.807, 2.05) is 38.1 Å². The summed E-state index contributed by atoms with van der Waals surface area (Å²) in [7, 11) is 0. The maximum atomic E-state index is 12.4. The number of aliphatic hydroxyl groups excluding tert-OH is 1. The largest absolute Gasteiger partial charge is 0.491 e. The van der Waals surface area contributed by atoms with Gasteiger partial charge < -0.3 is 14.6 Å². The van der Waals surface area contributed by atoms with Crippen molar-refractivity contribution in [2.24, 2.45) is 0 Å². The van der Waals surface area contributed by atoms with Crippen molar-refractivity contribution >= 4 is 17.5 Å². The summed E-state index contributed by atoms with van der Waals surface area (Å²) in [5.41, 5.74) is 6.25. The number of amides is 1. The van der Waals surface area contributed by atoms with Crippen LogP contribution in [0.25, 0.3) is 0 Å². The highest BCUT2D eigenvalue weighted by Gasteiger charge is 2.10. The first-order valence-electron chi connectivity index (χ1n) is 9.62. The normalized spacial score (nSPS) is 11.9. The molecule has 0 aliphatic carbocycles. The minimum atomic E-state index is -0.764. The topological polar surface area (TPSA) is 72.7 Å². The predicted octanol–water partition coefficient (Wildman–Crippen LogP) is 4.10. The summed E-state index contributed by atoms with van der Waals surface area (Å²) in [6, 6.07) is 18.0. The third-order valence-corrected chi connectivity index (χ3v) is 4.79. The second kappa shape index (κ2) is 10.3. The molecule has 1 aromatic heterocycles. The number of ether oxygens (including phenoxy) is 2. The lowest BCUT2D eigenvalue weighted by Crippen LogP contribution is -2.25. The zero-order chi connectivity index (χ0) is 21.5. The van der Waals surface area contributed by atoms with E-state index in [9.17, 15) is 9.90 Å². The average molecular weight is 429 g/mol. The first kappa shape index (κ1) is 21.9. The van der Waals surface area contributed by atoms with Gasteiger partial charge >= 0.3 is 0 Å². The zero-order valence-electron chi connectivity index (χ0n) is 17.0. The molecule has 0 saturated carbocycles. The Labute approximate surface area is 181 Å². The van der Waals surface area contributed by atoms with Gasteiger partial charge in [0.1, 0.15) is 18.5 Å². The van der Waals surface area contributed by atoms with Crippen molar-refractivity contribution in [1.82, 2.24) is 4.68 Å². The van der Waals surface area contributed by atoms with Gasteiger partial charge in [-0.05, 0) is 67.9 Å². The fourth-order valence-electron chi connectivity index (χ4n) is 2.85. The number of hydrogen-bond donors (Lipinski definition) is 2. The van der Waals surface area contributed by atoms with Crippen molar-refractivity contribution in [3.8, 4) is 5.75 Å². The average Bonchev–Trinajstić information content (AvgIpc) is 3.06. The molecule has 3 rings (SSSR count). The molecule has 158 valence electrons. The number of aliphatic hydroxyl groups is 1. The number of rotatable bonds is 9. The van der Waals surface area contributed by atoms with Crippen molar-refractivity contribution in [2.45, 2.75) is 26.6 Å². The molecule has 30 heavy (non-hydrogen) atoms. The van der Waals surface area contributed by atoms with Gasteiger partial charge in [-0.2, -0.15) is 0 Å². The minimum absolute atomic E-state index is 0.0912. The molecule has 1 atom stereocenters. The van der Waals surface area contributed by atoms with Crippen LogP contribution in [0.2, 0.25) is 5.02 Å². The van der Waals surface area contributed by atoms with Gasteiger partial charge in [0.25, 0.3) is 5.91 Å². The Balaban J connectivity index is 1.42. The van der Waals surface area contributed by atoms with E-state index in [0.717, 1.165) is 17.0 Å². The molecule has 6 nitrogen and oxygen atoms in total. The molecule has 0 spiro atoms. The van der Waals surface area contributed by atoms with Gasteiger partial charge in [0.15, 0.2) is 0 Å². The van der Waals surface area contributed by atoms with E-state index >= 15 is 0 Å². The van der Waals surface area contributed by atoms with E-state index < -0.39 is 6.10 Å². The molecular weight excluding hydrogens is 404 g/mol. The van der Waals surface area contributed by atoms with Gasteiger partial charge in [-0.15, -0.1) is 0 Å². The summed E-state index contributed by atoms with van der Waals surface area (Å²) in [5.74, 6) is 0.358. The first-order valence-corrected chi connectivity index (χ1v) is 9.99. The van der Waals surface area contributed by atoms with Gasteiger partial charge in [-0.1, -0.05) is 23.7 Å². The van der Waals surface area contributed by atoms with Crippen LogP contribution in [0, 0.1) is 13.8 Å². The smallest absolute Gasteiger partial charge is 0.270 e. The maximum Gasteiger partial charge on any atom is 0.270 e. The standard InChI is InChI=1S/C23H25ClN2O4/c1-16-3-4-17(2)26(16)25-23(28)19-7-11-22(12-8-19)30-15-21(27)14-29-13-18-5-9-20(24)10-6-18/h3-12,21,27H,13-15H2,1-2H3,(H,25,28)/t21-/m0/s1. The SMILES string of the molecule is Cc1ccc(C)n1NC(=O)c1ccc(OC[C@@H](O)COCc2ccc(Cl)cc2)cc1. The molecule has 3 aromatic rings. The molecule has 0 aliphatic rings. The van der Waals surface area contributed by atoms with Gasteiger partial charge in [0.05, 0.1) is 13.2 Å². The molecule has 0 aliphatic heterocycles. The summed E-state index contributed by atoms with van der Waals surface area (Å²) in [6.07, 6.45) is -0.764. The van der Waals surface area contributed by atoms with Crippen LogP contribution in [-0.2, 0) is 11.3 Å². The number of aromatic nitrogens is 1. The van der Waals surface area contributed by atoms with E-state index in [4.69, 9.17) is 21.1 Å². The van der Waals surface area contributed by atoms with Crippen LogP contribution in [0.1, 0.15) is 27.3 Å². The molecule has 0 saturated heterocycles. The van der Waals surface area contributed by atoms with Crippen LogP contribution in [0.15, 0.2) is 60.7 Å². The molecule has 0 bridgehead atoms. The number of carbonyl (C=O) groups is 1. The molecule has 0 radical (unpaired) electrons. The highest BCUT2D eigenvalue weighted by atomic mass is 35.5. The predicted molar refractivity (Wildman–Crippen MR) is 117 cm³/mol. The van der Waals surface area contributed by atoms with Gasteiger partial charge in [-0.3, -0.25) is 14.9 Å². The molecule has 2 N–H and O–H groups in total. The summed E-state index contributed by atoms with van der Waals surface area (Å²) < 4.78 is 12.8. The van der Waals surface area contributed by atoms with Crippen LogP contribution < -0.4 is 10.2 Å². The lowest BCUT2D eigenvalue weighted by molar-refractivity contribution is 0.00549. The van der Waals surface area contributed by atoms with Crippen molar-refractivity contribution in [3.63, 3.8) is 0 Å². The Morgan fingerprint density at radius 3 is 2.27 bits per heavy atom. The van der Waals surface area contributed by atoms with Crippen molar-refractivity contribution in [2.75, 3.05) is 18.6 Å². The Hall–Kier alpha value is -2.80. The molecular formula is C23H25ClN2O4. The quantitative estimate of drug-likeness (QED) is 0.538. The van der Waals surface area contributed by atoms with E-state index in [1.54, 1.807) is 41.1 Å². The zero-order valence-corrected chi connectivity index (χ0v) is 17.7. The number of halogens is 1. The van der Waals surface area contributed by atoms with Crippen LogP contribution in [0.4, 0.5) is 0 Å². The Kier molecular flexibility index (Phi) is 7.52. The maximum absolute atomic E-state index is 12.4.